The third kappa shape index (κ3) is 4.79. The number of carbonyl (C=O) groups excluding carboxylic acids is 2. The molecule has 8 nitrogen and oxygen atoms in total. The van der Waals surface area contributed by atoms with Gasteiger partial charge in [-0.15, -0.1) is 5.11 Å². The van der Waals surface area contributed by atoms with Gasteiger partial charge in [0.15, 0.2) is 12.0 Å². The van der Waals surface area contributed by atoms with E-state index in [1.54, 1.807) is 0 Å². The van der Waals surface area contributed by atoms with Crippen LogP contribution >= 0.6 is 0 Å². The van der Waals surface area contributed by atoms with E-state index in [0.717, 1.165) is 11.1 Å². The number of aliphatic hydroxyl groups excluding tert-OH is 1. The van der Waals surface area contributed by atoms with Gasteiger partial charge in [0.1, 0.15) is 0 Å². The predicted octanol–water partition coefficient (Wildman–Crippen LogP) is 3.40. The Morgan fingerprint density at radius 2 is 1.90 bits per heavy atom. The molecule has 3 rings (SSSR count). The number of hydrogen-bond acceptors (Lipinski definition) is 7. The zero-order valence-electron chi connectivity index (χ0n) is 17.0. The van der Waals surface area contributed by atoms with Crippen LogP contribution in [0.25, 0.3) is 0 Å². The molecule has 2 atom stereocenters. The van der Waals surface area contributed by atoms with Crippen molar-refractivity contribution in [2.24, 2.45) is 10.2 Å². The van der Waals surface area contributed by atoms with Crippen LogP contribution in [0, 0.1) is 0 Å². The number of hydrogen-bond donors (Lipinski definition) is 2. The molecule has 30 heavy (non-hydrogen) atoms. The molecule has 156 valence electrons. The van der Waals surface area contributed by atoms with E-state index in [1.165, 1.54) is 32.4 Å². The molecule has 0 aliphatic carbocycles. The number of anilines is 1. The lowest BCUT2D eigenvalue weighted by atomic mass is 10.00. The molecule has 8 heteroatoms. The van der Waals surface area contributed by atoms with Crippen molar-refractivity contribution in [2.45, 2.75) is 25.7 Å². The fourth-order valence-corrected chi connectivity index (χ4v) is 3.13. The van der Waals surface area contributed by atoms with Gasteiger partial charge in [-0.1, -0.05) is 30.3 Å². The van der Waals surface area contributed by atoms with Crippen LogP contribution in [0.15, 0.2) is 70.0 Å². The Kier molecular flexibility index (Phi) is 6.71. The highest BCUT2D eigenvalue weighted by Crippen LogP contribution is 2.27. The fourth-order valence-electron chi connectivity index (χ4n) is 3.13. The standard InChI is InChI=1S/C22H23N3O5/c1-13-18(9-14-7-5-4-6-8-14)24-25-19(13)20(26)23-17-11-15(21(27)29-2)10-16(12-17)22(28)30-3/h4-8,10-12,18,21,27H,9H2,1-3H3,(H,23,26). The Labute approximate surface area is 174 Å². The normalized spacial score (nSPS) is 16.5. The molecule has 2 aromatic rings. The van der Waals surface area contributed by atoms with Crippen LogP contribution in [0.1, 0.15) is 34.7 Å². The van der Waals surface area contributed by atoms with E-state index in [4.69, 9.17) is 9.47 Å². The first-order chi connectivity index (χ1) is 14.4. The number of esters is 1. The highest BCUT2D eigenvalue weighted by molar-refractivity contribution is 6.05. The van der Waals surface area contributed by atoms with Crippen molar-refractivity contribution in [3.63, 3.8) is 0 Å². The summed E-state index contributed by atoms with van der Waals surface area (Å²) in [5.41, 5.74) is 2.87. The number of aliphatic hydroxyl groups is 1. The van der Waals surface area contributed by atoms with Crippen molar-refractivity contribution in [1.82, 2.24) is 0 Å². The number of carbonyl (C=O) groups is 2. The Balaban J connectivity index is 1.81. The molecule has 0 bridgehead atoms. The van der Waals surface area contributed by atoms with Gasteiger partial charge in [0.25, 0.3) is 5.91 Å². The lowest BCUT2D eigenvalue weighted by Gasteiger charge is -2.13. The summed E-state index contributed by atoms with van der Waals surface area (Å²) in [6.07, 6.45) is -0.609. The molecule has 1 aliphatic rings. The average Bonchev–Trinajstić information content (AvgIpc) is 3.13. The van der Waals surface area contributed by atoms with Crippen molar-refractivity contribution >= 4 is 17.6 Å². The Morgan fingerprint density at radius 3 is 2.57 bits per heavy atom. The number of rotatable bonds is 7. The van der Waals surface area contributed by atoms with E-state index >= 15 is 0 Å². The quantitative estimate of drug-likeness (QED) is 0.538. The number of benzene rings is 2. The number of nitrogens with zero attached hydrogens (tertiary/aromatic N) is 2. The average molecular weight is 409 g/mol. The smallest absolute Gasteiger partial charge is 0.337 e. The van der Waals surface area contributed by atoms with Gasteiger partial charge in [-0.05, 0) is 36.3 Å². The molecule has 0 aromatic heterocycles. The van der Waals surface area contributed by atoms with Gasteiger partial charge in [-0.3, -0.25) is 4.79 Å². The minimum Gasteiger partial charge on any atom is -0.465 e. The van der Waals surface area contributed by atoms with E-state index in [1.807, 2.05) is 37.3 Å². The molecule has 0 spiro atoms. The molecule has 2 aromatic carbocycles. The van der Waals surface area contributed by atoms with E-state index in [9.17, 15) is 14.7 Å². The lowest BCUT2D eigenvalue weighted by molar-refractivity contribution is -0.113. The van der Waals surface area contributed by atoms with Crippen molar-refractivity contribution in [1.29, 1.82) is 0 Å². The maximum atomic E-state index is 12.8. The largest absolute Gasteiger partial charge is 0.465 e. The van der Waals surface area contributed by atoms with Gasteiger partial charge in [0.05, 0.1) is 18.7 Å². The summed E-state index contributed by atoms with van der Waals surface area (Å²) in [4.78, 5) is 24.7. The van der Waals surface area contributed by atoms with E-state index in [2.05, 4.69) is 15.5 Å². The van der Waals surface area contributed by atoms with E-state index in [-0.39, 0.29) is 17.3 Å². The van der Waals surface area contributed by atoms with Gasteiger partial charge in [-0.2, -0.15) is 5.11 Å². The predicted molar refractivity (Wildman–Crippen MR) is 110 cm³/mol. The topological polar surface area (TPSA) is 110 Å². The Bertz CT molecular complexity index is 1000. The third-order valence-corrected chi connectivity index (χ3v) is 4.80. The van der Waals surface area contributed by atoms with E-state index < -0.39 is 18.2 Å². The van der Waals surface area contributed by atoms with Gasteiger partial charge in [0.2, 0.25) is 0 Å². The number of amides is 1. The van der Waals surface area contributed by atoms with Crippen LogP contribution in [0.3, 0.4) is 0 Å². The SMILES string of the molecule is COC(=O)c1cc(NC(=O)C2=C(C)C(Cc3ccccc3)N=N2)cc(C(O)OC)c1. The fraction of sp³-hybridized carbons (Fsp3) is 0.273. The Hall–Kier alpha value is -3.36. The summed E-state index contributed by atoms with van der Waals surface area (Å²) in [7, 11) is 2.58. The van der Waals surface area contributed by atoms with E-state index in [0.29, 0.717) is 17.7 Å². The summed E-state index contributed by atoms with van der Waals surface area (Å²) in [5, 5.41) is 21.0. The first-order valence-electron chi connectivity index (χ1n) is 9.34. The maximum absolute atomic E-state index is 12.8. The molecule has 0 saturated heterocycles. The molecule has 0 fully saturated rings. The molecule has 1 heterocycles. The number of ether oxygens (including phenoxy) is 2. The zero-order valence-corrected chi connectivity index (χ0v) is 17.0. The lowest BCUT2D eigenvalue weighted by Crippen LogP contribution is -2.17. The summed E-state index contributed by atoms with van der Waals surface area (Å²) in [5.74, 6) is -1.05. The van der Waals surface area contributed by atoms with Crippen molar-refractivity contribution in [3.05, 3.63) is 76.5 Å². The van der Waals surface area contributed by atoms with Crippen LogP contribution in [0.4, 0.5) is 5.69 Å². The number of azo groups is 1. The first kappa shape index (κ1) is 21.4. The second-order valence-corrected chi connectivity index (χ2v) is 6.83. The minimum atomic E-state index is -1.26. The van der Waals surface area contributed by atoms with Gasteiger partial charge >= 0.3 is 5.97 Å². The second-order valence-electron chi connectivity index (χ2n) is 6.83. The molecule has 2 N–H and O–H groups in total. The summed E-state index contributed by atoms with van der Waals surface area (Å²) in [6.45, 7) is 1.83. The van der Waals surface area contributed by atoms with Crippen LogP contribution in [0.5, 0.6) is 0 Å². The molecule has 1 aliphatic heterocycles. The molecule has 1 amide bonds. The van der Waals surface area contributed by atoms with Gasteiger partial charge in [0, 0.05) is 24.8 Å². The molecule has 0 saturated carbocycles. The van der Waals surface area contributed by atoms with Crippen LogP contribution in [0.2, 0.25) is 0 Å². The van der Waals surface area contributed by atoms with Crippen molar-refractivity contribution < 1.29 is 24.2 Å². The van der Waals surface area contributed by atoms with Crippen LogP contribution in [-0.4, -0.2) is 37.2 Å². The highest BCUT2D eigenvalue weighted by atomic mass is 16.6. The highest BCUT2D eigenvalue weighted by Gasteiger charge is 2.26. The minimum absolute atomic E-state index is 0.169. The second kappa shape index (κ2) is 9.43. The first-order valence-corrected chi connectivity index (χ1v) is 9.34. The molecular formula is C22H23N3O5. The van der Waals surface area contributed by atoms with Crippen molar-refractivity contribution in [3.8, 4) is 0 Å². The maximum Gasteiger partial charge on any atom is 0.337 e. The third-order valence-electron chi connectivity index (χ3n) is 4.80. The monoisotopic (exact) mass is 409 g/mol. The zero-order chi connectivity index (χ0) is 21.7. The molecular weight excluding hydrogens is 386 g/mol. The van der Waals surface area contributed by atoms with Crippen LogP contribution in [-0.2, 0) is 20.7 Å². The van der Waals surface area contributed by atoms with Gasteiger partial charge in [-0.25, -0.2) is 4.79 Å². The Morgan fingerprint density at radius 1 is 1.17 bits per heavy atom. The van der Waals surface area contributed by atoms with Crippen molar-refractivity contribution in [2.75, 3.05) is 19.5 Å². The number of methoxy groups -OCH3 is 2. The summed E-state index contributed by atoms with van der Waals surface area (Å²) >= 11 is 0. The summed E-state index contributed by atoms with van der Waals surface area (Å²) < 4.78 is 9.64. The van der Waals surface area contributed by atoms with Crippen LogP contribution < -0.4 is 5.32 Å². The molecule has 0 radical (unpaired) electrons. The summed E-state index contributed by atoms with van der Waals surface area (Å²) in [6, 6.07) is 14.1. The number of nitrogens with one attached hydrogen (secondary N) is 1. The van der Waals surface area contributed by atoms with Gasteiger partial charge < -0.3 is 19.9 Å². The molecule has 2 unspecified atom stereocenters.